The first-order chi connectivity index (χ1) is 11.2. The molecule has 4 heteroatoms. The predicted octanol–water partition coefficient (Wildman–Crippen LogP) is 3.85. The van der Waals surface area contributed by atoms with Crippen molar-refractivity contribution in [1.29, 1.82) is 5.26 Å². The average Bonchev–Trinajstić information content (AvgIpc) is 2.58. The summed E-state index contributed by atoms with van der Waals surface area (Å²) in [6.45, 7) is 6.14. The summed E-state index contributed by atoms with van der Waals surface area (Å²) in [5, 5.41) is 11.6. The maximum absolute atomic E-state index is 12.3. The monoisotopic (exact) mass is 307 g/mol. The van der Waals surface area contributed by atoms with E-state index in [1.54, 1.807) is 18.2 Å². The van der Waals surface area contributed by atoms with Crippen molar-refractivity contribution in [3.63, 3.8) is 0 Å². The van der Waals surface area contributed by atoms with Crippen molar-refractivity contribution >= 4 is 17.3 Å². The summed E-state index contributed by atoms with van der Waals surface area (Å²) < 4.78 is 0. The van der Waals surface area contributed by atoms with Gasteiger partial charge >= 0.3 is 0 Å². The summed E-state index contributed by atoms with van der Waals surface area (Å²) in [6.07, 6.45) is 0.305. The molecule has 23 heavy (non-hydrogen) atoms. The molecule has 0 radical (unpaired) electrons. The minimum absolute atomic E-state index is 0.166. The fourth-order valence-electron chi connectivity index (χ4n) is 2.46. The molecule has 118 valence electrons. The van der Waals surface area contributed by atoms with Gasteiger partial charge < -0.3 is 10.2 Å². The third-order valence-corrected chi connectivity index (χ3v) is 3.73. The molecule has 1 N–H and O–H groups in total. The fourth-order valence-corrected chi connectivity index (χ4v) is 2.46. The van der Waals surface area contributed by atoms with E-state index in [1.165, 1.54) is 0 Å². The van der Waals surface area contributed by atoms with Crippen LogP contribution in [0.25, 0.3) is 0 Å². The van der Waals surface area contributed by atoms with E-state index in [1.807, 2.05) is 30.3 Å². The minimum Gasteiger partial charge on any atom is -0.372 e. The van der Waals surface area contributed by atoms with Gasteiger partial charge in [0.2, 0.25) is 0 Å². The van der Waals surface area contributed by atoms with E-state index in [2.05, 4.69) is 30.1 Å². The average molecular weight is 307 g/mol. The molecule has 4 nitrogen and oxygen atoms in total. The number of rotatable bonds is 6. The lowest BCUT2D eigenvalue weighted by molar-refractivity contribution is 0.102. The molecule has 0 saturated heterocycles. The summed E-state index contributed by atoms with van der Waals surface area (Å²) in [5.74, 6) is -0.166. The Labute approximate surface area is 137 Å². The van der Waals surface area contributed by atoms with E-state index in [0.717, 1.165) is 30.0 Å². The van der Waals surface area contributed by atoms with Crippen LogP contribution in [-0.4, -0.2) is 19.0 Å². The second-order valence-corrected chi connectivity index (χ2v) is 5.21. The van der Waals surface area contributed by atoms with Crippen LogP contribution in [-0.2, 0) is 6.42 Å². The zero-order valence-electron chi connectivity index (χ0n) is 13.5. The van der Waals surface area contributed by atoms with Gasteiger partial charge in [-0.2, -0.15) is 5.26 Å². The first kappa shape index (κ1) is 16.6. The van der Waals surface area contributed by atoms with Crippen molar-refractivity contribution in [2.24, 2.45) is 0 Å². The lowest BCUT2D eigenvalue weighted by Gasteiger charge is -2.21. The van der Waals surface area contributed by atoms with Crippen LogP contribution in [0, 0.1) is 11.3 Å². The maximum atomic E-state index is 12.3. The molecule has 0 saturated carbocycles. The number of hydrogen-bond acceptors (Lipinski definition) is 3. The van der Waals surface area contributed by atoms with Gasteiger partial charge in [0.25, 0.3) is 5.91 Å². The molecule has 0 aliphatic rings. The van der Waals surface area contributed by atoms with E-state index < -0.39 is 0 Å². The second-order valence-electron chi connectivity index (χ2n) is 5.21. The van der Waals surface area contributed by atoms with Gasteiger partial charge in [-0.15, -0.1) is 0 Å². The van der Waals surface area contributed by atoms with Gasteiger partial charge in [-0.3, -0.25) is 4.79 Å². The first-order valence-electron chi connectivity index (χ1n) is 7.80. The van der Waals surface area contributed by atoms with Gasteiger partial charge in [0.1, 0.15) is 0 Å². The molecule has 2 aromatic rings. The number of nitriles is 1. The Bertz CT molecular complexity index is 697. The van der Waals surface area contributed by atoms with Crippen LogP contribution in [0.1, 0.15) is 29.8 Å². The molecule has 0 bridgehead atoms. The summed E-state index contributed by atoms with van der Waals surface area (Å²) in [7, 11) is 0. The largest absolute Gasteiger partial charge is 0.372 e. The predicted molar refractivity (Wildman–Crippen MR) is 93.7 cm³/mol. The molecule has 0 heterocycles. The zero-order valence-corrected chi connectivity index (χ0v) is 13.5. The summed E-state index contributed by atoms with van der Waals surface area (Å²) in [5.41, 5.74) is 3.31. The molecule has 0 aliphatic carbocycles. The van der Waals surface area contributed by atoms with Gasteiger partial charge in [-0.1, -0.05) is 12.1 Å². The van der Waals surface area contributed by atoms with E-state index in [-0.39, 0.29) is 5.91 Å². The van der Waals surface area contributed by atoms with Crippen LogP contribution in [0.4, 0.5) is 11.4 Å². The quantitative estimate of drug-likeness (QED) is 0.882. The Kier molecular flexibility index (Phi) is 5.76. The highest BCUT2D eigenvalue weighted by Gasteiger charge is 2.07. The molecule has 2 aromatic carbocycles. The van der Waals surface area contributed by atoms with Crippen molar-refractivity contribution in [3.05, 3.63) is 59.7 Å². The standard InChI is InChI=1S/C19H21N3O/c1-3-22(4-2)18-10-8-17(9-11-18)21-19(23)16-7-5-6-15(14-16)12-13-20/h5-11,14H,3-4,12H2,1-2H3,(H,21,23). The van der Waals surface area contributed by atoms with E-state index in [9.17, 15) is 4.79 Å². The van der Waals surface area contributed by atoms with Crippen molar-refractivity contribution in [2.45, 2.75) is 20.3 Å². The number of carbonyl (C=O) groups is 1. The lowest BCUT2D eigenvalue weighted by atomic mass is 10.1. The number of hydrogen-bond donors (Lipinski definition) is 1. The Morgan fingerprint density at radius 2 is 1.83 bits per heavy atom. The topological polar surface area (TPSA) is 56.1 Å². The van der Waals surface area contributed by atoms with Gasteiger partial charge in [-0.05, 0) is 55.8 Å². The van der Waals surface area contributed by atoms with Crippen LogP contribution < -0.4 is 10.2 Å². The van der Waals surface area contributed by atoms with Crippen LogP contribution in [0.2, 0.25) is 0 Å². The molecular weight excluding hydrogens is 286 g/mol. The number of anilines is 2. The third kappa shape index (κ3) is 4.33. The Morgan fingerprint density at radius 1 is 1.13 bits per heavy atom. The molecule has 0 aliphatic heterocycles. The highest BCUT2D eigenvalue weighted by molar-refractivity contribution is 6.04. The molecule has 0 aromatic heterocycles. The van der Waals surface area contributed by atoms with Crippen molar-refractivity contribution in [3.8, 4) is 6.07 Å². The van der Waals surface area contributed by atoms with Gasteiger partial charge in [-0.25, -0.2) is 0 Å². The first-order valence-corrected chi connectivity index (χ1v) is 7.80. The number of amides is 1. The molecule has 0 spiro atoms. The normalized spacial score (nSPS) is 9.96. The third-order valence-electron chi connectivity index (χ3n) is 3.73. The number of benzene rings is 2. The Morgan fingerprint density at radius 3 is 2.43 bits per heavy atom. The molecule has 0 unspecified atom stereocenters. The summed E-state index contributed by atoms with van der Waals surface area (Å²) >= 11 is 0. The highest BCUT2D eigenvalue weighted by Crippen LogP contribution is 2.18. The maximum Gasteiger partial charge on any atom is 0.255 e. The zero-order chi connectivity index (χ0) is 16.7. The van der Waals surface area contributed by atoms with Gasteiger partial charge in [0, 0.05) is 30.0 Å². The Balaban J connectivity index is 2.08. The molecular formula is C19H21N3O. The number of nitrogens with zero attached hydrogens (tertiary/aromatic N) is 2. The fraction of sp³-hybridized carbons (Fsp3) is 0.263. The van der Waals surface area contributed by atoms with Crippen LogP contribution in [0.3, 0.4) is 0 Å². The number of nitrogens with one attached hydrogen (secondary N) is 1. The van der Waals surface area contributed by atoms with Crippen LogP contribution >= 0.6 is 0 Å². The van der Waals surface area contributed by atoms with Gasteiger partial charge in [0.05, 0.1) is 12.5 Å². The molecule has 2 rings (SSSR count). The Hall–Kier alpha value is -2.80. The van der Waals surface area contributed by atoms with Crippen LogP contribution in [0.15, 0.2) is 48.5 Å². The SMILES string of the molecule is CCN(CC)c1ccc(NC(=O)c2cccc(CC#N)c2)cc1. The molecule has 1 amide bonds. The van der Waals surface area contributed by atoms with Crippen LogP contribution in [0.5, 0.6) is 0 Å². The van der Waals surface area contributed by atoms with Crippen molar-refractivity contribution in [1.82, 2.24) is 0 Å². The molecule has 0 atom stereocenters. The number of carbonyl (C=O) groups excluding carboxylic acids is 1. The summed E-state index contributed by atoms with van der Waals surface area (Å²) in [4.78, 5) is 14.5. The minimum atomic E-state index is -0.166. The van der Waals surface area contributed by atoms with Gasteiger partial charge in [0.15, 0.2) is 0 Å². The highest BCUT2D eigenvalue weighted by atomic mass is 16.1. The summed E-state index contributed by atoms with van der Waals surface area (Å²) in [6, 6.07) is 17.1. The van der Waals surface area contributed by atoms with E-state index in [4.69, 9.17) is 5.26 Å². The molecule has 0 fully saturated rings. The van der Waals surface area contributed by atoms with E-state index in [0.29, 0.717) is 12.0 Å². The van der Waals surface area contributed by atoms with E-state index >= 15 is 0 Å². The second kappa shape index (κ2) is 8.00. The van der Waals surface area contributed by atoms with Crippen molar-refractivity contribution < 1.29 is 4.79 Å². The smallest absolute Gasteiger partial charge is 0.255 e. The van der Waals surface area contributed by atoms with Crippen molar-refractivity contribution in [2.75, 3.05) is 23.3 Å². The lowest BCUT2D eigenvalue weighted by Crippen LogP contribution is -2.21.